The number of carbonyl (C=O) groups is 2. The van der Waals surface area contributed by atoms with Crippen molar-refractivity contribution in [1.29, 1.82) is 0 Å². The van der Waals surface area contributed by atoms with Crippen molar-refractivity contribution in [3.63, 3.8) is 0 Å². The average Bonchev–Trinajstić information content (AvgIpc) is 2.53. The number of carbonyl (C=O) groups excluding carboxylic acids is 2. The van der Waals surface area contributed by atoms with E-state index < -0.39 is 0 Å². The zero-order valence-corrected chi connectivity index (χ0v) is 12.6. The fourth-order valence-corrected chi connectivity index (χ4v) is 2.29. The van der Waals surface area contributed by atoms with Gasteiger partial charge in [-0.05, 0) is 12.1 Å². The summed E-state index contributed by atoms with van der Waals surface area (Å²) in [5.74, 6) is 0.825. The number of piperazine rings is 1. The van der Waals surface area contributed by atoms with Crippen LogP contribution >= 0.6 is 0 Å². The average molecular weight is 290 g/mol. The van der Waals surface area contributed by atoms with Crippen LogP contribution in [-0.2, 0) is 9.59 Å². The van der Waals surface area contributed by atoms with E-state index in [2.05, 4.69) is 0 Å². The molecule has 21 heavy (non-hydrogen) atoms. The van der Waals surface area contributed by atoms with Gasteiger partial charge in [-0.25, -0.2) is 0 Å². The summed E-state index contributed by atoms with van der Waals surface area (Å²) in [6.45, 7) is 6.20. The third kappa shape index (κ3) is 4.21. The van der Waals surface area contributed by atoms with Crippen LogP contribution in [0.15, 0.2) is 30.3 Å². The van der Waals surface area contributed by atoms with Crippen LogP contribution in [0.1, 0.15) is 13.8 Å². The minimum atomic E-state index is -0.0319. The Kier molecular flexibility index (Phi) is 5.20. The van der Waals surface area contributed by atoms with E-state index in [4.69, 9.17) is 4.74 Å². The second-order valence-electron chi connectivity index (χ2n) is 5.46. The van der Waals surface area contributed by atoms with Crippen LogP contribution in [0.4, 0.5) is 0 Å². The maximum absolute atomic E-state index is 12.1. The number of hydrogen-bond acceptors (Lipinski definition) is 3. The highest BCUT2D eigenvalue weighted by Gasteiger charge is 2.25. The van der Waals surface area contributed by atoms with Gasteiger partial charge in [-0.2, -0.15) is 0 Å². The Hall–Kier alpha value is -2.04. The van der Waals surface area contributed by atoms with Gasteiger partial charge in [0.05, 0.1) is 0 Å². The lowest BCUT2D eigenvalue weighted by atomic mass is 10.1. The Balaban J connectivity index is 1.77. The van der Waals surface area contributed by atoms with Crippen molar-refractivity contribution < 1.29 is 14.3 Å². The summed E-state index contributed by atoms with van der Waals surface area (Å²) in [6.07, 6.45) is 0. The van der Waals surface area contributed by atoms with E-state index >= 15 is 0 Å². The van der Waals surface area contributed by atoms with Crippen LogP contribution in [-0.4, -0.2) is 54.4 Å². The molecule has 1 fully saturated rings. The molecule has 0 aromatic heterocycles. The van der Waals surface area contributed by atoms with E-state index in [0.29, 0.717) is 31.9 Å². The number of ether oxygens (including phenoxy) is 1. The summed E-state index contributed by atoms with van der Waals surface area (Å²) >= 11 is 0. The Labute approximate surface area is 125 Å². The molecule has 114 valence electrons. The van der Waals surface area contributed by atoms with Crippen molar-refractivity contribution in [1.82, 2.24) is 9.80 Å². The molecule has 0 aliphatic carbocycles. The van der Waals surface area contributed by atoms with Gasteiger partial charge in [-0.1, -0.05) is 32.0 Å². The molecule has 1 aliphatic rings. The molecule has 0 bridgehead atoms. The highest BCUT2D eigenvalue weighted by Crippen LogP contribution is 2.10. The molecule has 1 aliphatic heterocycles. The van der Waals surface area contributed by atoms with Gasteiger partial charge in [0.2, 0.25) is 5.91 Å². The first-order valence-electron chi connectivity index (χ1n) is 7.32. The first kappa shape index (κ1) is 15.4. The highest BCUT2D eigenvalue weighted by atomic mass is 16.5. The first-order chi connectivity index (χ1) is 10.1. The van der Waals surface area contributed by atoms with Crippen LogP contribution in [0.3, 0.4) is 0 Å². The lowest BCUT2D eigenvalue weighted by Crippen LogP contribution is -2.52. The third-order valence-corrected chi connectivity index (χ3v) is 3.54. The number of amides is 2. The summed E-state index contributed by atoms with van der Waals surface area (Å²) in [6, 6.07) is 9.30. The molecule has 2 amide bonds. The van der Waals surface area contributed by atoms with E-state index in [9.17, 15) is 9.59 Å². The van der Waals surface area contributed by atoms with Crippen LogP contribution in [0.5, 0.6) is 5.75 Å². The third-order valence-electron chi connectivity index (χ3n) is 3.54. The van der Waals surface area contributed by atoms with Crippen LogP contribution in [0, 0.1) is 5.92 Å². The van der Waals surface area contributed by atoms with Gasteiger partial charge in [0.25, 0.3) is 5.91 Å². The van der Waals surface area contributed by atoms with Crippen LogP contribution < -0.4 is 4.74 Å². The van der Waals surface area contributed by atoms with Gasteiger partial charge in [0.1, 0.15) is 5.75 Å². The van der Waals surface area contributed by atoms with Crippen molar-refractivity contribution in [2.45, 2.75) is 13.8 Å². The number of nitrogens with zero attached hydrogens (tertiary/aromatic N) is 2. The number of para-hydroxylation sites is 1. The SMILES string of the molecule is CC(C)C(=O)N1CCN(C(=O)COc2ccccc2)CC1. The second kappa shape index (κ2) is 7.11. The lowest BCUT2D eigenvalue weighted by Gasteiger charge is -2.35. The highest BCUT2D eigenvalue weighted by molar-refractivity contribution is 5.80. The van der Waals surface area contributed by atoms with Gasteiger partial charge < -0.3 is 14.5 Å². The van der Waals surface area contributed by atoms with Gasteiger partial charge in [0.15, 0.2) is 6.61 Å². The normalized spacial score (nSPS) is 15.2. The number of benzene rings is 1. The smallest absolute Gasteiger partial charge is 0.260 e. The largest absolute Gasteiger partial charge is 0.484 e. The van der Waals surface area contributed by atoms with Crippen molar-refractivity contribution in [3.05, 3.63) is 30.3 Å². The molecular formula is C16H22N2O3. The van der Waals surface area contributed by atoms with Gasteiger partial charge in [-0.3, -0.25) is 9.59 Å². The standard InChI is InChI=1S/C16H22N2O3/c1-13(2)16(20)18-10-8-17(9-11-18)15(19)12-21-14-6-4-3-5-7-14/h3-7,13H,8-12H2,1-2H3. The Morgan fingerprint density at radius 2 is 1.62 bits per heavy atom. The van der Waals surface area contributed by atoms with Crippen molar-refractivity contribution in [3.8, 4) is 5.75 Å². The van der Waals surface area contributed by atoms with E-state index in [1.807, 2.05) is 49.1 Å². The maximum atomic E-state index is 12.1. The molecular weight excluding hydrogens is 268 g/mol. The quantitative estimate of drug-likeness (QED) is 0.842. The Morgan fingerprint density at radius 3 is 2.19 bits per heavy atom. The molecule has 1 saturated heterocycles. The molecule has 0 atom stereocenters. The fraction of sp³-hybridized carbons (Fsp3) is 0.500. The zero-order valence-electron chi connectivity index (χ0n) is 12.6. The van der Waals surface area contributed by atoms with Gasteiger partial charge in [0, 0.05) is 32.1 Å². The molecule has 0 spiro atoms. The summed E-state index contributed by atoms with van der Waals surface area (Å²) in [4.78, 5) is 27.5. The number of rotatable bonds is 4. The van der Waals surface area contributed by atoms with Crippen LogP contribution in [0.2, 0.25) is 0 Å². The summed E-state index contributed by atoms with van der Waals surface area (Å²) in [7, 11) is 0. The molecule has 2 rings (SSSR count). The predicted octanol–water partition coefficient (Wildman–Crippen LogP) is 1.39. The molecule has 0 radical (unpaired) electrons. The monoisotopic (exact) mass is 290 g/mol. The van der Waals surface area contributed by atoms with Crippen LogP contribution in [0.25, 0.3) is 0 Å². The van der Waals surface area contributed by atoms with E-state index in [0.717, 1.165) is 0 Å². The molecule has 0 unspecified atom stereocenters. The topological polar surface area (TPSA) is 49.9 Å². The van der Waals surface area contributed by atoms with Gasteiger partial charge >= 0.3 is 0 Å². The summed E-state index contributed by atoms with van der Waals surface area (Å²) in [5.41, 5.74) is 0. The fourth-order valence-electron chi connectivity index (χ4n) is 2.29. The molecule has 5 heteroatoms. The minimum absolute atomic E-state index is 0.00802. The predicted molar refractivity (Wildman–Crippen MR) is 79.9 cm³/mol. The first-order valence-corrected chi connectivity index (χ1v) is 7.32. The zero-order chi connectivity index (χ0) is 15.2. The van der Waals surface area contributed by atoms with E-state index in [1.54, 1.807) is 4.90 Å². The maximum Gasteiger partial charge on any atom is 0.260 e. The molecule has 0 saturated carbocycles. The number of hydrogen-bond donors (Lipinski definition) is 0. The Morgan fingerprint density at radius 1 is 1.05 bits per heavy atom. The molecule has 5 nitrogen and oxygen atoms in total. The van der Waals surface area contributed by atoms with Gasteiger partial charge in [-0.15, -0.1) is 0 Å². The molecule has 1 heterocycles. The molecule has 0 N–H and O–H groups in total. The molecule has 1 aromatic rings. The summed E-state index contributed by atoms with van der Waals surface area (Å²) in [5, 5.41) is 0. The van der Waals surface area contributed by atoms with Crippen molar-refractivity contribution >= 4 is 11.8 Å². The Bertz CT molecular complexity index is 480. The van der Waals surface area contributed by atoms with Crippen molar-refractivity contribution in [2.24, 2.45) is 5.92 Å². The lowest BCUT2D eigenvalue weighted by molar-refractivity contribution is -0.142. The van der Waals surface area contributed by atoms with E-state index in [1.165, 1.54) is 0 Å². The van der Waals surface area contributed by atoms with Crippen molar-refractivity contribution in [2.75, 3.05) is 32.8 Å². The minimum Gasteiger partial charge on any atom is -0.484 e. The molecule has 1 aromatic carbocycles. The van der Waals surface area contributed by atoms with E-state index in [-0.39, 0.29) is 24.3 Å². The summed E-state index contributed by atoms with van der Waals surface area (Å²) < 4.78 is 5.46. The second-order valence-corrected chi connectivity index (χ2v) is 5.46.